The molecule has 118 valence electrons. The predicted octanol–water partition coefficient (Wildman–Crippen LogP) is 2.47. The highest BCUT2D eigenvalue weighted by Gasteiger charge is 2.12. The van der Waals surface area contributed by atoms with Crippen molar-refractivity contribution in [3.63, 3.8) is 0 Å². The van der Waals surface area contributed by atoms with E-state index in [1.54, 1.807) is 14.2 Å². The average Bonchev–Trinajstić information content (AvgIpc) is 2.50. The first-order valence-electron chi connectivity index (χ1n) is 7.32. The van der Waals surface area contributed by atoms with Crippen LogP contribution in [0.15, 0.2) is 36.9 Å². The molecule has 21 heavy (non-hydrogen) atoms. The largest absolute Gasteiger partial charge is 0.497 e. The summed E-state index contributed by atoms with van der Waals surface area (Å²) >= 11 is 0. The van der Waals surface area contributed by atoms with Gasteiger partial charge in [-0.05, 0) is 30.5 Å². The van der Waals surface area contributed by atoms with E-state index in [1.165, 1.54) is 5.56 Å². The molecule has 1 aromatic rings. The molecule has 1 N–H and O–H groups in total. The van der Waals surface area contributed by atoms with E-state index in [-0.39, 0.29) is 6.10 Å². The highest BCUT2D eigenvalue weighted by molar-refractivity contribution is 5.28. The maximum absolute atomic E-state index is 10.1. The summed E-state index contributed by atoms with van der Waals surface area (Å²) in [4.78, 5) is 2.20. The number of ether oxygens (including phenoxy) is 2. The molecule has 0 saturated heterocycles. The van der Waals surface area contributed by atoms with Gasteiger partial charge in [-0.1, -0.05) is 18.2 Å². The standard InChI is InChI=1S/C17H27NO3/c1-4-5-8-16(19)14-18(10-11-20-2)13-15-7-6-9-17(12-15)21-3/h4,6-7,9,12,16,19H,1,5,8,10-11,13-14H2,2-3H3. The van der Waals surface area contributed by atoms with Crippen molar-refractivity contribution in [3.05, 3.63) is 42.5 Å². The Morgan fingerprint density at radius 2 is 2.19 bits per heavy atom. The van der Waals surface area contributed by atoms with Crippen molar-refractivity contribution in [3.8, 4) is 5.75 Å². The van der Waals surface area contributed by atoms with Crippen LogP contribution in [0.2, 0.25) is 0 Å². The summed E-state index contributed by atoms with van der Waals surface area (Å²) in [6, 6.07) is 8.01. The Morgan fingerprint density at radius 1 is 1.38 bits per heavy atom. The van der Waals surface area contributed by atoms with Gasteiger partial charge in [0.1, 0.15) is 5.75 Å². The first-order chi connectivity index (χ1) is 10.2. The van der Waals surface area contributed by atoms with Gasteiger partial charge in [-0.15, -0.1) is 6.58 Å². The smallest absolute Gasteiger partial charge is 0.119 e. The van der Waals surface area contributed by atoms with Crippen molar-refractivity contribution in [2.75, 3.05) is 33.9 Å². The highest BCUT2D eigenvalue weighted by atomic mass is 16.5. The molecule has 0 bridgehead atoms. The molecule has 1 rings (SSSR count). The second-order valence-corrected chi connectivity index (χ2v) is 5.10. The van der Waals surface area contributed by atoms with E-state index in [4.69, 9.17) is 9.47 Å². The van der Waals surface area contributed by atoms with Gasteiger partial charge >= 0.3 is 0 Å². The van der Waals surface area contributed by atoms with Crippen molar-refractivity contribution in [2.24, 2.45) is 0 Å². The Bertz CT molecular complexity index is 409. The summed E-state index contributed by atoms with van der Waals surface area (Å²) in [5, 5.41) is 10.1. The third-order valence-electron chi connectivity index (χ3n) is 3.32. The second kappa shape index (κ2) is 10.4. The number of hydrogen-bond acceptors (Lipinski definition) is 4. The Hall–Kier alpha value is -1.36. The van der Waals surface area contributed by atoms with E-state index in [0.29, 0.717) is 13.2 Å². The molecule has 0 heterocycles. The van der Waals surface area contributed by atoms with E-state index in [1.807, 2.05) is 24.3 Å². The summed E-state index contributed by atoms with van der Waals surface area (Å²) in [5.41, 5.74) is 1.17. The van der Waals surface area contributed by atoms with Crippen molar-refractivity contribution in [2.45, 2.75) is 25.5 Å². The molecule has 0 aliphatic heterocycles. The van der Waals surface area contributed by atoms with Gasteiger partial charge in [0.15, 0.2) is 0 Å². The van der Waals surface area contributed by atoms with Crippen molar-refractivity contribution < 1.29 is 14.6 Å². The lowest BCUT2D eigenvalue weighted by Gasteiger charge is -2.25. The second-order valence-electron chi connectivity index (χ2n) is 5.10. The van der Waals surface area contributed by atoms with E-state index < -0.39 is 0 Å². The lowest BCUT2D eigenvalue weighted by molar-refractivity contribution is 0.0809. The van der Waals surface area contributed by atoms with Crippen LogP contribution in [0.25, 0.3) is 0 Å². The van der Waals surface area contributed by atoms with Gasteiger partial charge < -0.3 is 14.6 Å². The lowest BCUT2D eigenvalue weighted by Crippen LogP contribution is -2.34. The van der Waals surface area contributed by atoms with Gasteiger partial charge in [0, 0.05) is 26.7 Å². The maximum atomic E-state index is 10.1. The number of aliphatic hydroxyl groups is 1. The zero-order valence-corrected chi connectivity index (χ0v) is 13.1. The fourth-order valence-corrected chi connectivity index (χ4v) is 2.18. The van der Waals surface area contributed by atoms with Crippen LogP contribution in [0.5, 0.6) is 5.75 Å². The number of benzene rings is 1. The summed E-state index contributed by atoms with van der Waals surface area (Å²) < 4.78 is 10.4. The van der Waals surface area contributed by atoms with Crippen LogP contribution in [-0.4, -0.2) is 50.0 Å². The molecule has 0 spiro atoms. The number of rotatable bonds is 11. The van der Waals surface area contributed by atoms with Crippen LogP contribution < -0.4 is 4.74 Å². The fraction of sp³-hybridized carbons (Fsp3) is 0.529. The summed E-state index contributed by atoms with van der Waals surface area (Å²) in [6.45, 7) is 6.53. The number of aliphatic hydroxyl groups excluding tert-OH is 1. The molecule has 0 amide bonds. The minimum atomic E-state index is -0.342. The quantitative estimate of drug-likeness (QED) is 0.636. The third-order valence-corrected chi connectivity index (χ3v) is 3.32. The molecule has 0 aliphatic carbocycles. The zero-order chi connectivity index (χ0) is 15.5. The van der Waals surface area contributed by atoms with Gasteiger partial charge in [0.05, 0.1) is 19.8 Å². The van der Waals surface area contributed by atoms with Gasteiger partial charge in [-0.2, -0.15) is 0 Å². The minimum absolute atomic E-state index is 0.342. The predicted molar refractivity (Wildman–Crippen MR) is 85.6 cm³/mol. The molecule has 4 heteroatoms. The molecule has 1 unspecified atom stereocenters. The molecule has 1 aromatic carbocycles. The summed E-state index contributed by atoms with van der Waals surface area (Å²) in [5.74, 6) is 0.853. The monoisotopic (exact) mass is 293 g/mol. The van der Waals surface area contributed by atoms with E-state index in [9.17, 15) is 5.11 Å². The number of hydrogen-bond donors (Lipinski definition) is 1. The molecular weight excluding hydrogens is 266 g/mol. The lowest BCUT2D eigenvalue weighted by atomic mass is 10.1. The molecular formula is C17H27NO3. The van der Waals surface area contributed by atoms with Gasteiger partial charge in [-0.25, -0.2) is 0 Å². The first-order valence-corrected chi connectivity index (χ1v) is 7.32. The molecule has 1 atom stereocenters. The third kappa shape index (κ3) is 7.27. The SMILES string of the molecule is C=CCCC(O)CN(CCOC)Cc1cccc(OC)c1. The Labute approximate surface area is 128 Å². The van der Waals surface area contributed by atoms with Gasteiger partial charge in [-0.3, -0.25) is 4.90 Å². The van der Waals surface area contributed by atoms with Crippen LogP contribution in [0.1, 0.15) is 18.4 Å². The zero-order valence-electron chi connectivity index (χ0n) is 13.1. The molecule has 4 nitrogen and oxygen atoms in total. The fourth-order valence-electron chi connectivity index (χ4n) is 2.18. The number of allylic oxidation sites excluding steroid dienone is 1. The van der Waals surface area contributed by atoms with Crippen LogP contribution in [-0.2, 0) is 11.3 Å². The Balaban J connectivity index is 2.60. The summed E-state index contributed by atoms with van der Waals surface area (Å²) in [6.07, 6.45) is 3.07. The van der Waals surface area contributed by atoms with E-state index in [2.05, 4.69) is 17.5 Å². The number of nitrogens with zero attached hydrogens (tertiary/aromatic N) is 1. The van der Waals surface area contributed by atoms with Gasteiger partial charge in [0.2, 0.25) is 0 Å². The summed E-state index contributed by atoms with van der Waals surface area (Å²) in [7, 11) is 3.36. The van der Waals surface area contributed by atoms with E-state index in [0.717, 1.165) is 31.7 Å². The van der Waals surface area contributed by atoms with E-state index >= 15 is 0 Å². The highest BCUT2D eigenvalue weighted by Crippen LogP contribution is 2.15. The van der Waals surface area contributed by atoms with Crippen molar-refractivity contribution in [1.29, 1.82) is 0 Å². The minimum Gasteiger partial charge on any atom is -0.497 e. The molecule has 0 saturated carbocycles. The number of methoxy groups -OCH3 is 2. The first kappa shape index (κ1) is 17.7. The molecule has 0 aliphatic rings. The molecule has 0 fully saturated rings. The van der Waals surface area contributed by atoms with Crippen LogP contribution in [0.3, 0.4) is 0 Å². The maximum Gasteiger partial charge on any atom is 0.119 e. The average molecular weight is 293 g/mol. The van der Waals surface area contributed by atoms with Crippen LogP contribution in [0, 0.1) is 0 Å². The topological polar surface area (TPSA) is 41.9 Å². The van der Waals surface area contributed by atoms with Crippen LogP contribution >= 0.6 is 0 Å². The Kier molecular flexibility index (Phi) is 8.74. The molecule has 0 aromatic heterocycles. The van der Waals surface area contributed by atoms with Crippen molar-refractivity contribution >= 4 is 0 Å². The molecule has 0 radical (unpaired) electrons. The van der Waals surface area contributed by atoms with Crippen LogP contribution in [0.4, 0.5) is 0 Å². The van der Waals surface area contributed by atoms with Crippen molar-refractivity contribution in [1.82, 2.24) is 4.90 Å². The Morgan fingerprint density at radius 3 is 2.86 bits per heavy atom. The normalized spacial score (nSPS) is 12.4. The van der Waals surface area contributed by atoms with Gasteiger partial charge in [0.25, 0.3) is 0 Å².